The molecule has 9 atom stereocenters. The normalized spacial score (nSPS) is 42.1. The van der Waals surface area contributed by atoms with Gasteiger partial charge in [-0.2, -0.15) is 0 Å². The molecule has 4 fully saturated rings. The van der Waals surface area contributed by atoms with Gasteiger partial charge < -0.3 is 18.9 Å². The van der Waals surface area contributed by atoms with Gasteiger partial charge in [0.05, 0.1) is 6.10 Å². The molecule has 4 aliphatic carbocycles. The number of rotatable bonds is 8. The monoisotopic (exact) mass is 542 g/mol. The highest BCUT2D eigenvalue weighted by molar-refractivity contribution is 6.01. The van der Waals surface area contributed by atoms with Crippen LogP contribution in [-0.2, 0) is 38.1 Å². The van der Waals surface area contributed by atoms with E-state index < -0.39 is 40.9 Å². The van der Waals surface area contributed by atoms with E-state index in [1.54, 1.807) is 26.0 Å². The Balaban J connectivity index is 1.58. The number of esters is 2. The van der Waals surface area contributed by atoms with E-state index in [0.29, 0.717) is 19.3 Å². The minimum atomic E-state index is -1.29. The molecule has 0 amide bonds. The molecule has 214 valence electrons. The lowest BCUT2D eigenvalue weighted by Gasteiger charge is -2.60. The van der Waals surface area contributed by atoms with Gasteiger partial charge in [-0.15, -0.1) is 0 Å². The van der Waals surface area contributed by atoms with E-state index in [1.165, 1.54) is 0 Å². The molecule has 3 saturated carbocycles. The Labute approximate surface area is 230 Å². The Morgan fingerprint density at radius 1 is 1.10 bits per heavy atom. The van der Waals surface area contributed by atoms with Crippen molar-refractivity contribution in [1.29, 1.82) is 0 Å². The van der Waals surface area contributed by atoms with Crippen molar-refractivity contribution in [3.8, 4) is 0 Å². The number of allylic oxidation sites excluding steroid dienone is 4. The van der Waals surface area contributed by atoms with Crippen LogP contribution in [0.25, 0.3) is 0 Å². The number of Topliss-reactive ketones (excluding diaryl/α,β-unsaturated/α-hetero) is 1. The number of carbonyl (C=O) groups is 4. The van der Waals surface area contributed by atoms with Crippen LogP contribution in [-0.4, -0.2) is 54.2 Å². The molecule has 8 nitrogen and oxygen atoms in total. The Hall–Kier alpha value is -2.32. The van der Waals surface area contributed by atoms with E-state index in [1.807, 2.05) is 13.0 Å². The van der Waals surface area contributed by atoms with Crippen molar-refractivity contribution in [2.45, 2.75) is 110 Å². The van der Waals surface area contributed by atoms with E-state index in [2.05, 4.69) is 13.8 Å². The van der Waals surface area contributed by atoms with Crippen LogP contribution in [0.1, 0.15) is 86.0 Å². The highest BCUT2D eigenvalue weighted by Gasteiger charge is 2.76. The third-order valence-corrected chi connectivity index (χ3v) is 10.4. The second-order valence-electron chi connectivity index (χ2n) is 12.4. The zero-order valence-electron chi connectivity index (χ0n) is 23.8. The highest BCUT2D eigenvalue weighted by atomic mass is 16.7. The molecule has 0 radical (unpaired) electrons. The molecule has 0 aromatic heterocycles. The summed E-state index contributed by atoms with van der Waals surface area (Å²) in [7, 11) is 0. The van der Waals surface area contributed by atoms with Crippen molar-refractivity contribution >= 4 is 23.5 Å². The maximum absolute atomic E-state index is 14.1. The fourth-order valence-electron chi connectivity index (χ4n) is 8.69. The predicted octanol–water partition coefficient (Wildman–Crippen LogP) is 4.64. The zero-order chi connectivity index (χ0) is 28.2. The predicted molar refractivity (Wildman–Crippen MR) is 141 cm³/mol. The molecule has 1 saturated heterocycles. The summed E-state index contributed by atoms with van der Waals surface area (Å²) in [4.78, 5) is 51.1. The first-order chi connectivity index (χ1) is 18.5. The average molecular weight is 543 g/mol. The quantitative estimate of drug-likeness (QED) is 0.409. The standard InChI is InChI=1S/C31H42O8/c1-6-9-27-38-24-15-21-20-11-10-18-14-19(32)12-13-29(18,4)28(20)22(37-26(35)8-3)16-30(21,5)31(24,39-27)23(33)17-36-25(34)7-2/h12-14,20-22,24,27-28H,6-11,15-17H2,1-5H3/t20-,21-,22-,24+,27+,28+,29-,30-,31+/m0/s1. The van der Waals surface area contributed by atoms with Crippen LogP contribution in [0.5, 0.6) is 0 Å². The molecule has 0 aromatic rings. The van der Waals surface area contributed by atoms with E-state index in [4.69, 9.17) is 18.9 Å². The van der Waals surface area contributed by atoms with Gasteiger partial charge >= 0.3 is 11.9 Å². The highest BCUT2D eigenvalue weighted by Crippen LogP contribution is 2.70. The summed E-state index contributed by atoms with van der Waals surface area (Å²) in [5, 5.41) is 0. The number of carbonyl (C=O) groups excluding carboxylic acids is 4. The number of ether oxygens (including phenoxy) is 4. The third-order valence-electron chi connectivity index (χ3n) is 10.4. The smallest absolute Gasteiger partial charge is 0.305 e. The first-order valence-electron chi connectivity index (χ1n) is 14.7. The largest absolute Gasteiger partial charge is 0.462 e. The number of ketones is 2. The number of hydrogen-bond acceptors (Lipinski definition) is 8. The van der Waals surface area contributed by atoms with Crippen molar-refractivity contribution in [3.05, 3.63) is 23.8 Å². The van der Waals surface area contributed by atoms with Crippen molar-refractivity contribution in [2.24, 2.45) is 28.6 Å². The Bertz CT molecular complexity index is 1110. The molecular weight excluding hydrogens is 500 g/mol. The van der Waals surface area contributed by atoms with Crippen LogP contribution in [0.3, 0.4) is 0 Å². The van der Waals surface area contributed by atoms with E-state index >= 15 is 0 Å². The summed E-state index contributed by atoms with van der Waals surface area (Å²) < 4.78 is 24.6. The second kappa shape index (κ2) is 10.3. The third kappa shape index (κ3) is 4.24. The van der Waals surface area contributed by atoms with E-state index in [0.717, 1.165) is 24.8 Å². The van der Waals surface area contributed by atoms with Crippen molar-refractivity contribution < 1.29 is 38.1 Å². The molecule has 0 aromatic carbocycles. The van der Waals surface area contributed by atoms with Crippen molar-refractivity contribution in [2.75, 3.05) is 6.61 Å². The molecule has 8 heteroatoms. The molecular formula is C31H42O8. The SMILES string of the molecule is CCC[C@@H]1O[C@@H]2C[C@H]3[C@@H]4CCC5=CC(=O)C=C[C@]5(C)[C@H]4[C@@H](OC(=O)CC)C[C@]3(C)[C@]2(C(=O)COC(=O)CC)O1. The van der Waals surface area contributed by atoms with Crippen molar-refractivity contribution in [3.63, 3.8) is 0 Å². The van der Waals surface area contributed by atoms with Crippen LogP contribution in [0.2, 0.25) is 0 Å². The van der Waals surface area contributed by atoms with Gasteiger partial charge in [-0.1, -0.05) is 52.7 Å². The molecule has 0 spiro atoms. The summed E-state index contributed by atoms with van der Waals surface area (Å²) in [6.07, 6.45) is 8.56. The zero-order valence-corrected chi connectivity index (χ0v) is 23.8. The van der Waals surface area contributed by atoms with Crippen LogP contribution < -0.4 is 0 Å². The first kappa shape index (κ1) is 28.2. The summed E-state index contributed by atoms with van der Waals surface area (Å²) in [6, 6.07) is 0. The minimum Gasteiger partial charge on any atom is -0.462 e. The van der Waals surface area contributed by atoms with Crippen LogP contribution in [0.15, 0.2) is 23.8 Å². The molecule has 0 unspecified atom stereocenters. The van der Waals surface area contributed by atoms with Gasteiger partial charge in [0.15, 0.2) is 24.3 Å². The van der Waals surface area contributed by atoms with Gasteiger partial charge in [0.1, 0.15) is 6.10 Å². The summed E-state index contributed by atoms with van der Waals surface area (Å²) >= 11 is 0. The van der Waals surface area contributed by atoms with Gasteiger partial charge in [0.25, 0.3) is 0 Å². The molecule has 1 heterocycles. The fourth-order valence-corrected chi connectivity index (χ4v) is 8.69. The maximum atomic E-state index is 14.1. The molecule has 0 bridgehead atoms. The Morgan fingerprint density at radius 2 is 1.85 bits per heavy atom. The summed E-state index contributed by atoms with van der Waals surface area (Å²) in [5.74, 6) is -0.833. The van der Waals surface area contributed by atoms with E-state index in [-0.39, 0.29) is 54.7 Å². The van der Waals surface area contributed by atoms with Gasteiger partial charge in [-0.25, -0.2) is 0 Å². The first-order valence-corrected chi connectivity index (χ1v) is 14.7. The number of hydrogen-bond donors (Lipinski definition) is 0. The Morgan fingerprint density at radius 3 is 2.54 bits per heavy atom. The van der Waals surface area contributed by atoms with Crippen LogP contribution in [0.4, 0.5) is 0 Å². The second-order valence-corrected chi connectivity index (χ2v) is 12.4. The van der Waals surface area contributed by atoms with Crippen LogP contribution in [0, 0.1) is 28.6 Å². The fraction of sp³-hybridized carbons (Fsp3) is 0.742. The molecule has 5 aliphatic rings. The van der Waals surface area contributed by atoms with Gasteiger partial charge in [0.2, 0.25) is 5.78 Å². The number of fused-ring (bicyclic) bond motifs is 7. The van der Waals surface area contributed by atoms with Gasteiger partial charge in [0, 0.05) is 29.6 Å². The molecule has 0 N–H and O–H groups in total. The van der Waals surface area contributed by atoms with Crippen molar-refractivity contribution in [1.82, 2.24) is 0 Å². The molecule has 1 aliphatic heterocycles. The lowest BCUT2D eigenvalue weighted by atomic mass is 9.46. The topological polar surface area (TPSA) is 105 Å². The molecule has 5 rings (SSSR count). The lowest BCUT2D eigenvalue weighted by Crippen LogP contribution is -2.64. The van der Waals surface area contributed by atoms with Gasteiger partial charge in [-0.05, 0) is 56.1 Å². The minimum absolute atomic E-state index is 0.00554. The summed E-state index contributed by atoms with van der Waals surface area (Å²) in [5.41, 5.74) is -1.32. The lowest BCUT2D eigenvalue weighted by molar-refractivity contribution is -0.209. The average Bonchev–Trinajstić information content (AvgIpc) is 3.39. The maximum Gasteiger partial charge on any atom is 0.305 e. The Kier molecular flexibility index (Phi) is 7.42. The van der Waals surface area contributed by atoms with E-state index in [9.17, 15) is 19.2 Å². The van der Waals surface area contributed by atoms with Gasteiger partial charge in [-0.3, -0.25) is 19.2 Å². The molecule has 39 heavy (non-hydrogen) atoms. The van der Waals surface area contributed by atoms with Crippen LogP contribution >= 0.6 is 0 Å². The summed E-state index contributed by atoms with van der Waals surface area (Å²) in [6.45, 7) is 9.40.